The van der Waals surface area contributed by atoms with Crippen LogP contribution in [0.5, 0.6) is 0 Å². The summed E-state index contributed by atoms with van der Waals surface area (Å²) in [4.78, 5) is 29.9. The van der Waals surface area contributed by atoms with Crippen molar-refractivity contribution in [3.63, 3.8) is 0 Å². The van der Waals surface area contributed by atoms with Crippen LogP contribution in [0.3, 0.4) is 0 Å². The molecule has 3 aromatic carbocycles. The van der Waals surface area contributed by atoms with Crippen LogP contribution in [0.25, 0.3) is 5.70 Å². The van der Waals surface area contributed by atoms with E-state index < -0.39 is 11.3 Å². The van der Waals surface area contributed by atoms with Gasteiger partial charge in [0.05, 0.1) is 11.3 Å². The van der Waals surface area contributed by atoms with E-state index in [0.29, 0.717) is 23.6 Å². The smallest absolute Gasteiger partial charge is 0.231 e. The lowest BCUT2D eigenvalue weighted by molar-refractivity contribution is -0.134. The Hall–Kier alpha value is -3.17. The standard InChI is InChI=1S/C28H26ClNO2/c1-3-24-27(32)30(4-2)25(20-11-7-5-8-12-20)19-28(24,22-13-9-6-10-14-22)26(31)21-15-17-23(29)18-16-21/h5-19,24H,3-4H2,1-2H3. The summed E-state index contributed by atoms with van der Waals surface area (Å²) in [6, 6.07) is 26.4. The first-order chi connectivity index (χ1) is 15.5. The number of halogens is 1. The molecule has 0 spiro atoms. The first kappa shape index (κ1) is 22.0. The Morgan fingerprint density at radius 2 is 1.50 bits per heavy atom. The number of benzene rings is 3. The van der Waals surface area contributed by atoms with Gasteiger partial charge in [0.1, 0.15) is 0 Å². The number of Topliss-reactive ketones (excluding diaryl/α,β-unsaturated/α-hetero) is 1. The zero-order valence-corrected chi connectivity index (χ0v) is 19.0. The van der Waals surface area contributed by atoms with E-state index in [0.717, 1.165) is 16.8 Å². The van der Waals surface area contributed by atoms with Gasteiger partial charge in [-0.2, -0.15) is 0 Å². The number of carbonyl (C=O) groups is 2. The molecule has 2 unspecified atom stereocenters. The maximum absolute atomic E-state index is 14.3. The Morgan fingerprint density at radius 1 is 0.906 bits per heavy atom. The predicted octanol–water partition coefficient (Wildman–Crippen LogP) is 6.39. The second-order valence-corrected chi connectivity index (χ2v) is 8.45. The second kappa shape index (κ2) is 9.13. The van der Waals surface area contributed by atoms with Gasteiger partial charge in [0.25, 0.3) is 0 Å². The van der Waals surface area contributed by atoms with E-state index >= 15 is 0 Å². The van der Waals surface area contributed by atoms with E-state index in [4.69, 9.17) is 11.6 Å². The first-order valence-corrected chi connectivity index (χ1v) is 11.4. The Morgan fingerprint density at radius 3 is 2.06 bits per heavy atom. The maximum atomic E-state index is 14.3. The SMILES string of the molecule is CCC1C(=O)N(CC)C(c2ccccc2)=CC1(C(=O)c1ccc(Cl)cc1)c1ccccc1. The average Bonchev–Trinajstić information content (AvgIpc) is 2.84. The van der Waals surface area contributed by atoms with E-state index in [9.17, 15) is 9.59 Å². The fourth-order valence-corrected chi connectivity index (χ4v) is 4.89. The highest BCUT2D eigenvalue weighted by Gasteiger charge is 2.52. The van der Waals surface area contributed by atoms with Crippen molar-refractivity contribution in [3.05, 3.63) is 113 Å². The third kappa shape index (κ3) is 3.67. The summed E-state index contributed by atoms with van der Waals surface area (Å²) in [5.74, 6) is -0.632. The fraction of sp³-hybridized carbons (Fsp3) is 0.214. The van der Waals surface area contributed by atoms with Crippen LogP contribution in [-0.4, -0.2) is 23.1 Å². The molecule has 3 nitrogen and oxygen atoms in total. The van der Waals surface area contributed by atoms with Gasteiger partial charge in [0, 0.05) is 22.8 Å². The van der Waals surface area contributed by atoms with E-state index in [1.807, 2.05) is 80.6 Å². The van der Waals surface area contributed by atoms with Crippen molar-refractivity contribution in [1.29, 1.82) is 0 Å². The van der Waals surface area contributed by atoms with Crippen LogP contribution in [0.1, 0.15) is 41.8 Å². The number of ketones is 1. The summed E-state index contributed by atoms with van der Waals surface area (Å²) >= 11 is 6.09. The molecular weight excluding hydrogens is 418 g/mol. The molecule has 32 heavy (non-hydrogen) atoms. The lowest BCUT2D eigenvalue weighted by Gasteiger charge is -2.44. The monoisotopic (exact) mass is 443 g/mol. The van der Waals surface area contributed by atoms with Crippen LogP contribution in [0.2, 0.25) is 5.02 Å². The molecule has 162 valence electrons. The first-order valence-electron chi connectivity index (χ1n) is 11.0. The Labute approximate surface area is 194 Å². The molecule has 0 saturated heterocycles. The van der Waals surface area contributed by atoms with Crippen molar-refractivity contribution in [2.75, 3.05) is 6.54 Å². The van der Waals surface area contributed by atoms with Crippen LogP contribution >= 0.6 is 11.6 Å². The minimum atomic E-state index is -1.11. The van der Waals surface area contributed by atoms with Gasteiger partial charge in [-0.1, -0.05) is 79.2 Å². The fourth-order valence-electron chi connectivity index (χ4n) is 4.76. The quantitative estimate of drug-likeness (QED) is 0.414. The molecule has 1 amide bonds. The number of allylic oxidation sites excluding steroid dienone is 1. The van der Waals surface area contributed by atoms with E-state index in [2.05, 4.69) is 0 Å². The predicted molar refractivity (Wildman–Crippen MR) is 129 cm³/mol. The molecule has 1 aliphatic heterocycles. The number of rotatable bonds is 6. The summed E-state index contributed by atoms with van der Waals surface area (Å²) < 4.78 is 0. The molecule has 2 atom stereocenters. The molecule has 1 heterocycles. The molecule has 0 saturated carbocycles. The highest BCUT2D eigenvalue weighted by Crippen LogP contribution is 2.46. The highest BCUT2D eigenvalue weighted by molar-refractivity contribution is 6.30. The number of hydrogen-bond donors (Lipinski definition) is 0. The Kier molecular flexibility index (Phi) is 6.29. The molecule has 0 N–H and O–H groups in total. The molecule has 1 aliphatic rings. The number of carbonyl (C=O) groups excluding carboxylic acids is 2. The van der Waals surface area contributed by atoms with Crippen molar-refractivity contribution in [3.8, 4) is 0 Å². The van der Waals surface area contributed by atoms with Gasteiger partial charge in [-0.05, 0) is 54.8 Å². The summed E-state index contributed by atoms with van der Waals surface area (Å²) in [5, 5.41) is 0.569. The van der Waals surface area contributed by atoms with Gasteiger partial charge >= 0.3 is 0 Å². The van der Waals surface area contributed by atoms with Gasteiger partial charge in [0.2, 0.25) is 5.91 Å². The minimum Gasteiger partial charge on any atom is -0.312 e. The molecule has 3 aromatic rings. The Bertz CT molecular complexity index is 1140. The number of hydrogen-bond acceptors (Lipinski definition) is 2. The normalized spacial score (nSPS) is 20.7. The third-order valence-corrected chi connectivity index (χ3v) is 6.55. The van der Waals surface area contributed by atoms with Gasteiger partial charge in [0.15, 0.2) is 5.78 Å². The van der Waals surface area contributed by atoms with Crippen molar-refractivity contribution in [2.24, 2.45) is 5.92 Å². The molecule has 0 aliphatic carbocycles. The zero-order valence-electron chi connectivity index (χ0n) is 18.3. The second-order valence-electron chi connectivity index (χ2n) is 8.01. The van der Waals surface area contributed by atoms with Crippen LogP contribution in [0.4, 0.5) is 0 Å². The van der Waals surface area contributed by atoms with Crippen LogP contribution in [-0.2, 0) is 10.2 Å². The van der Waals surface area contributed by atoms with Crippen molar-refractivity contribution < 1.29 is 9.59 Å². The average molecular weight is 444 g/mol. The van der Waals surface area contributed by atoms with Crippen LogP contribution in [0, 0.1) is 5.92 Å². The van der Waals surface area contributed by atoms with E-state index in [1.165, 1.54) is 0 Å². The molecule has 0 bridgehead atoms. The molecule has 4 heteroatoms. The van der Waals surface area contributed by atoms with E-state index in [1.54, 1.807) is 29.2 Å². The van der Waals surface area contributed by atoms with Crippen molar-refractivity contribution in [1.82, 2.24) is 4.90 Å². The summed E-state index contributed by atoms with van der Waals surface area (Å²) in [6.07, 6.45) is 2.57. The summed E-state index contributed by atoms with van der Waals surface area (Å²) in [5.41, 5.74) is 1.94. The Balaban J connectivity index is 2.04. The van der Waals surface area contributed by atoms with Gasteiger partial charge < -0.3 is 4.90 Å². The maximum Gasteiger partial charge on any atom is 0.231 e. The molecule has 0 radical (unpaired) electrons. The number of amides is 1. The van der Waals surface area contributed by atoms with Crippen molar-refractivity contribution in [2.45, 2.75) is 25.7 Å². The molecule has 0 fully saturated rings. The largest absolute Gasteiger partial charge is 0.312 e. The lowest BCUT2D eigenvalue weighted by atomic mass is 9.62. The highest BCUT2D eigenvalue weighted by atomic mass is 35.5. The zero-order chi connectivity index (χ0) is 22.7. The van der Waals surface area contributed by atoms with Gasteiger partial charge in [-0.15, -0.1) is 0 Å². The van der Waals surface area contributed by atoms with Crippen LogP contribution < -0.4 is 0 Å². The topological polar surface area (TPSA) is 37.4 Å². The van der Waals surface area contributed by atoms with Crippen LogP contribution in [0.15, 0.2) is 91.0 Å². The number of nitrogens with zero attached hydrogens (tertiary/aromatic N) is 1. The molecule has 4 rings (SSSR count). The molecular formula is C28H26ClNO2. The van der Waals surface area contributed by atoms with Gasteiger partial charge in [-0.25, -0.2) is 0 Å². The summed E-state index contributed by atoms with van der Waals surface area (Å²) in [6.45, 7) is 4.48. The lowest BCUT2D eigenvalue weighted by Crippen LogP contribution is -2.53. The van der Waals surface area contributed by atoms with Crippen molar-refractivity contribution >= 4 is 29.0 Å². The van der Waals surface area contributed by atoms with E-state index in [-0.39, 0.29) is 11.7 Å². The summed E-state index contributed by atoms with van der Waals surface area (Å²) in [7, 11) is 0. The minimum absolute atomic E-state index is 0.0254. The van der Waals surface area contributed by atoms with Gasteiger partial charge in [-0.3, -0.25) is 9.59 Å². The third-order valence-electron chi connectivity index (χ3n) is 6.30. The molecule has 0 aromatic heterocycles.